The second kappa shape index (κ2) is 9.16. The molecular formula is C20H25N3O4S. The number of hydrogen-bond acceptors (Lipinski definition) is 5. The third kappa shape index (κ3) is 4.69. The fourth-order valence-electron chi connectivity index (χ4n) is 3.23. The lowest BCUT2D eigenvalue weighted by molar-refractivity contribution is 0.0947. The third-order valence-corrected chi connectivity index (χ3v) is 6.72. The lowest BCUT2D eigenvalue weighted by Crippen LogP contribution is -2.32. The second-order valence-electron chi connectivity index (χ2n) is 6.72. The number of amides is 1. The number of carbonyl (C=O) groups excluding carboxylic acids is 1. The molecule has 1 amide bonds. The molecule has 2 heterocycles. The van der Waals surface area contributed by atoms with Crippen molar-refractivity contribution in [3.63, 3.8) is 0 Å². The first kappa shape index (κ1) is 20.3. The van der Waals surface area contributed by atoms with E-state index in [1.807, 2.05) is 0 Å². The number of pyridine rings is 1. The lowest BCUT2D eigenvalue weighted by Gasteiger charge is -2.20. The van der Waals surface area contributed by atoms with E-state index in [1.54, 1.807) is 24.5 Å². The Morgan fingerprint density at radius 3 is 2.43 bits per heavy atom. The summed E-state index contributed by atoms with van der Waals surface area (Å²) in [5.41, 5.74) is 1.10. The molecule has 1 aromatic carbocycles. The monoisotopic (exact) mass is 403 g/mol. The summed E-state index contributed by atoms with van der Waals surface area (Å²) in [6.07, 6.45) is 7.09. The molecular weight excluding hydrogens is 378 g/mol. The molecule has 1 aromatic heterocycles. The standard InChI is InChI=1S/C20H25N3O4S/c1-27-19-7-6-17(28(25,26)23-12-4-2-3-5-13-23)14-18(19)20(24)22-15-16-8-10-21-11-9-16/h6-11,14H,2-5,12-13,15H2,1H3,(H,22,24). The van der Waals surface area contributed by atoms with Gasteiger partial charge in [0.25, 0.3) is 5.91 Å². The van der Waals surface area contributed by atoms with Gasteiger partial charge in [-0.3, -0.25) is 9.78 Å². The Labute approximate surface area is 165 Å². The molecule has 0 saturated carbocycles. The summed E-state index contributed by atoms with van der Waals surface area (Å²) in [5.74, 6) is -0.0522. The van der Waals surface area contributed by atoms with Gasteiger partial charge in [0.2, 0.25) is 10.0 Å². The highest BCUT2D eigenvalue weighted by Crippen LogP contribution is 2.26. The van der Waals surface area contributed by atoms with Gasteiger partial charge in [0, 0.05) is 32.0 Å². The largest absolute Gasteiger partial charge is 0.496 e. The quantitative estimate of drug-likeness (QED) is 0.801. The van der Waals surface area contributed by atoms with Gasteiger partial charge in [0.05, 0.1) is 17.6 Å². The first-order chi connectivity index (χ1) is 13.5. The first-order valence-corrected chi connectivity index (χ1v) is 10.8. The highest BCUT2D eigenvalue weighted by Gasteiger charge is 2.27. The maximum atomic E-state index is 13.0. The summed E-state index contributed by atoms with van der Waals surface area (Å²) in [6, 6.07) is 8.04. The minimum Gasteiger partial charge on any atom is -0.496 e. The van der Waals surface area contributed by atoms with E-state index < -0.39 is 10.0 Å². The molecule has 150 valence electrons. The van der Waals surface area contributed by atoms with E-state index in [-0.39, 0.29) is 16.4 Å². The second-order valence-corrected chi connectivity index (χ2v) is 8.66. The molecule has 0 aliphatic carbocycles. The van der Waals surface area contributed by atoms with Gasteiger partial charge in [0.15, 0.2) is 0 Å². The SMILES string of the molecule is COc1ccc(S(=O)(=O)N2CCCCCC2)cc1C(=O)NCc1ccncc1. The fourth-order valence-corrected chi connectivity index (χ4v) is 4.78. The van der Waals surface area contributed by atoms with Crippen LogP contribution in [0.3, 0.4) is 0 Å². The van der Waals surface area contributed by atoms with E-state index in [0.717, 1.165) is 31.2 Å². The Morgan fingerprint density at radius 1 is 1.11 bits per heavy atom. The topological polar surface area (TPSA) is 88.6 Å². The van der Waals surface area contributed by atoms with Gasteiger partial charge >= 0.3 is 0 Å². The van der Waals surface area contributed by atoms with Crippen LogP contribution in [0.25, 0.3) is 0 Å². The molecule has 0 bridgehead atoms. The van der Waals surface area contributed by atoms with Gasteiger partial charge in [-0.2, -0.15) is 4.31 Å². The average Bonchev–Trinajstić information content (AvgIpc) is 3.02. The smallest absolute Gasteiger partial charge is 0.255 e. The molecule has 0 radical (unpaired) electrons. The van der Waals surface area contributed by atoms with Crippen LogP contribution >= 0.6 is 0 Å². The highest BCUT2D eigenvalue weighted by atomic mass is 32.2. The number of nitrogens with one attached hydrogen (secondary N) is 1. The molecule has 3 rings (SSSR count). The number of nitrogens with zero attached hydrogens (tertiary/aromatic N) is 2. The number of hydrogen-bond donors (Lipinski definition) is 1. The van der Waals surface area contributed by atoms with E-state index in [1.165, 1.54) is 29.6 Å². The van der Waals surface area contributed by atoms with E-state index in [0.29, 0.717) is 25.4 Å². The predicted octanol–water partition coefficient (Wildman–Crippen LogP) is 2.58. The minimum absolute atomic E-state index is 0.115. The predicted molar refractivity (Wildman–Crippen MR) is 106 cm³/mol. The van der Waals surface area contributed by atoms with Crippen molar-refractivity contribution in [3.05, 3.63) is 53.9 Å². The van der Waals surface area contributed by atoms with Crippen molar-refractivity contribution in [2.45, 2.75) is 37.1 Å². The number of benzene rings is 1. The van der Waals surface area contributed by atoms with Crippen LogP contribution in [-0.2, 0) is 16.6 Å². The molecule has 0 atom stereocenters. The molecule has 1 N–H and O–H groups in total. The molecule has 0 spiro atoms. The highest BCUT2D eigenvalue weighted by molar-refractivity contribution is 7.89. The van der Waals surface area contributed by atoms with Crippen LogP contribution in [0.2, 0.25) is 0 Å². The van der Waals surface area contributed by atoms with E-state index in [9.17, 15) is 13.2 Å². The fraction of sp³-hybridized carbons (Fsp3) is 0.400. The summed E-state index contributed by atoms with van der Waals surface area (Å²) in [5, 5.41) is 2.80. The molecule has 1 fully saturated rings. The Bertz CT molecular complexity index is 908. The van der Waals surface area contributed by atoms with Crippen molar-refractivity contribution < 1.29 is 17.9 Å². The number of aromatic nitrogens is 1. The summed E-state index contributed by atoms with van der Waals surface area (Å²) in [6.45, 7) is 1.34. The maximum Gasteiger partial charge on any atom is 0.255 e. The minimum atomic E-state index is -3.64. The van der Waals surface area contributed by atoms with Crippen molar-refractivity contribution >= 4 is 15.9 Å². The van der Waals surface area contributed by atoms with Gasteiger partial charge in [0.1, 0.15) is 5.75 Å². The number of sulfonamides is 1. The number of ether oxygens (including phenoxy) is 1. The molecule has 1 aliphatic heterocycles. The van der Waals surface area contributed by atoms with Crippen molar-refractivity contribution in [2.24, 2.45) is 0 Å². The van der Waals surface area contributed by atoms with Gasteiger partial charge < -0.3 is 10.1 Å². The molecule has 2 aromatic rings. The van der Waals surface area contributed by atoms with Crippen molar-refractivity contribution in [3.8, 4) is 5.75 Å². The van der Waals surface area contributed by atoms with Crippen LogP contribution in [0.5, 0.6) is 5.75 Å². The summed E-state index contributed by atoms with van der Waals surface area (Å²) < 4.78 is 32.9. The van der Waals surface area contributed by atoms with Crippen molar-refractivity contribution in [1.29, 1.82) is 0 Å². The van der Waals surface area contributed by atoms with Gasteiger partial charge in [-0.05, 0) is 48.7 Å². The van der Waals surface area contributed by atoms with Gasteiger partial charge in [-0.1, -0.05) is 12.8 Å². The summed E-state index contributed by atoms with van der Waals surface area (Å²) in [4.78, 5) is 16.8. The average molecular weight is 404 g/mol. The van der Waals surface area contributed by atoms with Crippen LogP contribution in [-0.4, -0.2) is 43.8 Å². The molecule has 0 unspecified atom stereocenters. The van der Waals surface area contributed by atoms with Gasteiger partial charge in [-0.15, -0.1) is 0 Å². The zero-order valence-electron chi connectivity index (χ0n) is 15.9. The Hall–Kier alpha value is -2.45. The number of carbonyl (C=O) groups is 1. The lowest BCUT2D eigenvalue weighted by atomic mass is 10.2. The molecule has 1 aliphatic rings. The van der Waals surface area contributed by atoms with E-state index >= 15 is 0 Å². The normalized spacial score (nSPS) is 15.6. The van der Waals surface area contributed by atoms with Crippen molar-refractivity contribution in [1.82, 2.24) is 14.6 Å². The van der Waals surface area contributed by atoms with Crippen LogP contribution in [0.1, 0.15) is 41.6 Å². The van der Waals surface area contributed by atoms with Crippen LogP contribution in [0, 0.1) is 0 Å². The van der Waals surface area contributed by atoms with E-state index in [4.69, 9.17) is 4.74 Å². The molecule has 8 heteroatoms. The maximum absolute atomic E-state index is 13.0. The third-order valence-electron chi connectivity index (χ3n) is 4.82. The summed E-state index contributed by atoms with van der Waals surface area (Å²) in [7, 11) is -2.19. The zero-order valence-corrected chi connectivity index (χ0v) is 16.7. The van der Waals surface area contributed by atoms with Gasteiger partial charge in [-0.25, -0.2) is 8.42 Å². The Morgan fingerprint density at radius 2 is 1.79 bits per heavy atom. The first-order valence-electron chi connectivity index (χ1n) is 9.37. The summed E-state index contributed by atoms with van der Waals surface area (Å²) >= 11 is 0. The molecule has 1 saturated heterocycles. The Balaban J connectivity index is 1.83. The number of rotatable bonds is 6. The number of methoxy groups -OCH3 is 1. The zero-order chi connectivity index (χ0) is 20.0. The van der Waals surface area contributed by atoms with E-state index in [2.05, 4.69) is 10.3 Å². The molecule has 28 heavy (non-hydrogen) atoms. The molecule has 7 nitrogen and oxygen atoms in total. The van der Waals surface area contributed by atoms with Crippen LogP contribution < -0.4 is 10.1 Å². The van der Waals surface area contributed by atoms with Crippen LogP contribution in [0.4, 0.5) is 0 Å². The van der Waals surface area contributed by atoms with Crippen LogP contribution in [0.15, 0.2) is 47.6 Å². The Kier molecular flexibility index (Phi) is 6.64. The van der Waals surface area contributed by atoms with Crippen molar-refractivity contribution in [2.75, 3.05) is 20.2 Å².